The van der Waals surface area contributed by atoms with Crippen molar-refractivity contribution in [1.29, 1.82) is 0 Å². The number of ether oxygens (including phenoxy) is 1. The number of non-ortho nitro benzene ring substituents is 1. The number of rotatable bonds is 9. The molecule has 0 saturated heterocycles. The summed E-state index contributed by atoms with van der Waals surface area (Å²) in [6, 6.07) is 9.48. The lowest BCUT2D eigenvalue weighted by atomic mass is 10.1. The second-order valence-corrected chi connectivity index (χ2v) is 8.82. The van der Waals surface area contributed by atoms with E-state index in [1.165, 1.54) is 53.7 Å². The molecule has 0 radical (unpaired) electrons. The standard InChI is InChI=1S/C21H25N3O7S/c1-5-23(6-2)32(29,30)19-12-16(11-10-14(19)3)21(26)31-15(4)20(25)22-17-8-7-9-18(13-17)24(27)28/h7-13,15H,5-6H2,1-4H3,(H,22,25)/t15-/m0/s1. The third kappa shape index (κ3) is 5.68. The number of nitro groups is 1. The molecule has 0 heterocycles. The van der Waals surface area contributed by atoms with Gasteiger partial charge in [0.1, 0.15) is 0 Å². The predicted molar refractivity (Wildman–Crippen MR) is 118 cm³/mol. The van der Waals surface area contributed by atoms with Gasteiger partial charge in [-0.15, -0.1) is 0 Å². The van der Waals surface area contributed by atoms with Gasteiger partial charge in [-0.1, -0.05) is 26.0 Å². The number of nitrogens with zero attached hydrogens (tertiary/aromatic N) is 2. The highest BCUT2D eigenvalue weighted by Crippen LogP contribution is 2.22. The van der Waals surface area contributed by atoms with E-state index in [0.717, 1.165) is 0 Å². The first-order chi connectivity index (χ1) is 15.0. The molecule has 0 aliphatic heterocycles. The summed E-state index contributed by atoms with van der Waals surface area (Å²) in [5.74, 6) is -1.57. The van der Waals surface area contributed by atoms with Crippen LogP contribution in [-0.4, -0.2) is 48.7 Å². The van der Waals surface area contributed by atoms with E-state index in [1.807, 2.05) is 0 Å². The van der Waals surface area contributed by atoms with Gasteiger partial charge in [0.15, 0.2) is 6.10 Å². The van der Waals surface area contributed by atoms with Gasteiger partial charge in [-0.05, 0) is 37.6 Å². The van der Waals surface area contributed by atoms with Crippen molar-refractivity contribution >= 4 is 33.3 Å². The van der Waals surface area contributed by atoms with Crippen LogP contribution in [-0.2, 0) is 19.6 Å². The first-order valence-corrected chi connectivity index (χ1v) is 11.3. The van der Waals surface area contributed by atoms with E-state index in [4.69, 9.17) is 4.74 Å². The molecular formula is C21H25N3O7S. The number of carbonyl (C=O) groups is 2. The Hall–Kier alpha value is -3.31. The fourth-order valence-corrected chi connectivity index (χ4v) is 4.64. The topological polar surface area (TPSA) is 136 Å². The van der Waals surface area contributed by atoms with Crippen LogP contribution in [0.5, 0.6) is 0 Å². The number of anilines is 1. The van der Waals surface area contributed by atoms with Crippen molar-refractivity contribution in [3.63, 3.8) is 0 Å². The Morgan fingerprint density at radius 1 is 1.16 bits per heavy atom. The second kappa shape index (κ2) is 10.3. The third-order valence-corrected chi connectivity index (χ3v) is 6.92. The normalized spacial score (nSPS) is 12.3. The molecule has 0 bridgehead atoms. The van der Waals surface area contributed by atoms with Crippen LogP contribution in [0.15, 0.2) is 47.4 Å². The highest BCUT2D eigenvalue weighted by molar-refractivity contribution is 7.89. The molecule has 1 atom stereocenters. The van der Waals surface area contributed by atoms with Gasteiger partial charge in [0.2, 0.25) is 10.0 Å². The molecule has 0 spiro atoms. The molecule has 2 aromatic carbocycles. The number of esters is 1. The summed E-state index contributed by atoms with van der Waals surface area (Å²) in [5, 5.41) is 13.3. The highest BCUT2D eigenvalue weighted by atomic mass is 32.2. The summed E-state index contributed by atoms with van der Waals surface area (Å²) in [7, 11) is -3.79. The summed E-state index contributed by atoms with van der Waals surface area (Å²) in [5.41, 5.74) is 0.435. The van der Waals surface area contributed by atoms with E-state index < -0.39 is 32.9 Å². The second-order valence-electron chi connectivity index (χ2n) is 6.91. The zero-order valence-corrected chi connectivity index (χ0v) is 19.0. The lowest BCUT2D eigenvalue weighted by Crippen LogP contribution is -2.32. The SMILES string of the molecule is CCN(CC)S(=O)(=O)c1cc(C(=O)O[C@@H](C)C(=O)Nc2cccc([N+](=O)[O-])c2)ccc1C. The van der Waals surface area contributed by atoms with Crippen molar-refractivity contribution in [1.82, 2.24) is 4.31 Å². The number of carbonyl (C=O) groups excluding carboxylic acids is 2. The fourth-order valence-electron chi connectivity index (χ4n) is 2.93. The summed E-state index contributed by atoms with van der Waals surface area (Å²) >= 11 is 0. The van der Waals surface area contributed by atoms with Crippen molar-refractivity contribution in [2.75, 3.05) is 18.4 Å². The van der Waals surface area contributed by atoms with E-state index in [-0.39, 0.29) is 34.9 Å². The van der Waals surface area contributed by atoms with Gasteiger partial charge in [-0.2, -0.15) is 4.31 Å². The minimum absolute atomic E-state index is 0.00986. The highest BCUT2D eigenvalue weighted by Gasteiger charge is 2.26. The number of aryl methyl sites for hydroxylation is 1. The van der Waals surface area contributed by atoms with Crippen molar-refractivity contribution < 1.29 is 27.7 Å². The van der Waals surface area contributed by atoms with E-state index in [1.54, 1.807) is 20.8 Å². The molecule has 0 fully saturated rings. The molecule has 32 heavy (non-hydrogen) atoms. The van der Waals surface area contributed by atoms with Gasteiger partial charge >= 0.3 is 5.97 Å². The summed E-state index contributed by atoms with van der Waals surface area (Å²) in [6.45, 7) is 6.96. The maximum absolute atomic E-state index is 12.9. The van der Waals surface area contributed by atoms with Gasteiger partial charge < -0.3 is 10.1 Å². The number of nitro benzene ring substituents is 1. The average Bonchev–Trinajstić information content (AvgIpc) is 2.74. The molecule has 2 aromatic rings. The van der Waals surface area contributed by atoms with Crippen LogP contribution in [0.2, 0.25) is 0 Å². The molecule has 11 heteroatoms. The quantitative estimate of drug-likeness (QED) is 0.343. The zero-order valence-electron chi connectivity index (χ0n) is 18.2. The summed E-state index contributed by atoms with van der Waals surface area (Å²) in [6.07, 6.45) is -1.23. The fraction of sp³-hybridized carbons (Fsp3) is 0.333. The Morgan fingerprint density at radius 3 is 2.41 bits per heavy atom. The number of amides is 1. The predicted octanol–water partition coefficient (Wildman–Crippen LogP) is 3.12. The molecule has 0 saturated carbocycles. The largest absolute Gasteiger partial charge is 0.449 e. The molecule has 172 valence electrons. The maximum Gasteiger partial charge on any atom is 0.338 e. The van der Waals surface area contributed by atoms with E-state index in [0.29, 0.717) is 5.56 Å². The molecule has 0 aliphatic carbocycles. The first-order valence-electron chi connectivity index (χ1n) is 9.88. The Morgan fingerprint density at radius 2 is 1.81 bits per heavy atom. The molecule has 0 aromatic heterocycles. The molecule has 1 amide bonds. The lowest BCUT2D eigenvalue weighted by molar-refractivity contribution is -0.384. The molecular weight excluding hydrogens is 438 g/mol. The van der Waals surface area contributed by atoms with Crippen LogP contribution in [0, 0.1) is 17.0 Å². The van der Waals surface area contributed by atoms with Crippen molar-refractivity contribution in [2.45, 2.75) is 38.7 Å². The molecule has 0 aliphatic rings. The van der Waals surface area contributed by atoms with Crippen molar-refractivity contribution in [3.05, 3.63) is 63.7 Å². The van der Waals surface area contributed by atoms with Gasteiger partial charge in [0.05, 0.1) is 15.4 Å². The van der Waals surface area contributed by atoms with Crippen LogP contribution in [0.25, 0.3) is 0 Å². The number of hydrogen-bond acceptors (Lipinski definition) is 7. The molecule has 0 unspecified atom stereocenters. The lowest BCUT2D eigenvalue weighted by Gasteiger charge is -2.20. The van der Waals surface area contributed by atoms with Gasteiger partial charge in [-0.25, -0.2) is 13.2 Å². The van der Waals surface area contributed by atoms with Crippen molar-refractivity contribution in [2.24, 2.45) is 0 Å². The minimum atomic E-state index is -3.79. The number of hydrogen-bond donors (Lipinski definition) is 1. The summed E-state index contributed by atoms with van der Waals surface area (Å²) in [4.78, 5) is 35.2. The molecule has 10 nitrogen and oxygen atoms in total. The van der Waals surface area contributed by atoms with Crippen LogP contribution < -0.4 is 5.32 Å². The monoisotopic (exact) mass is 463 g/mol. The summed E-state index contributed by atoms with van der Waals surface area (Å²) < 4.78 is 32.2. The average molecular weight is 464 g/mol. The molecule has 1 N–H and O–H groups in total. The number of nitrogens with one attached hydrogen (secondary N) is 1. The zero-order chi connectivity index (χ0) is 24.1. The Balaban J connectivity index is 2.17. The Kier molecular flexibility index (Phi) is 8.06. The maximum atomic E-state index is 12.9. The Labute approximate surface area is 186 Å². The van der Waals surface area contributed by atoms with E-state index >= 15 is 0 Å². The minimum Gasteiger partial charge on any atom is -0.449 e. The third-order valence-electron chi connectivity index (χ3n) is 4.72. The molecule has 2 rings (SSSR count). The van der Waals surface area contributed by atoms with Crippen LogP contribution in [0.1, 0.15) is 36.7 Å². The smallest absolute Gasteiger partial charge is 0.338 e. The van der Waals surface area contributed by atoms with Crippen molar-refractivity contribution in [3.8, 4) is 0 Å². The first kappa shape index (κ1) is 25.0. The van der Waals surface area contributed by atoms with Crippen LogP contribution in [0.4, 0.5) is 11.4 Å². The van der Waals surface area contributed by atoms with Gasteiger partial charge in [0.25, 0.3) is 11.6 Å². The van der Waals surface area contributed by atoms with E-state index in [9.17, 15) is 28.1 Å². The van der Waals surface area contributed by atoms with Crippen LogP contribution in [0.3, 0.4) is 0 Å². The van der Waals surface area contributed by atoms with Gasteiger partial charge in [-0.3, -0.25) is 14.9 Å². The van der Waals surface area contributed by atoms with Gasteiger partial charge in [0, 0.05) is 30.9 Å². The van der Waals surface area contributed by atoms with E-state index in [2.05, 4.69) is 5.32 Å². The number of sulfonamides is 1. The Bertz CT molecular complexity index is 1130. The van der Waals surface area contributed by atoms with Crippen LogP contribution >= 0.6 is 0 Å². The number of benzene rings is 2.